The minimum Gasteiger partial charge on any atom is -0.236 e. The van der Waals surface area contributed by atoms with Crippen LogP contribution in [0.15, 0.2) is 29.1 Å². The molecule has 0 saturated carbocycles. The molecule has 2 nitrogen and oxygen atoms in total. The van der Waals surface area contributed by atoms with Crippen LogP contribution in [-0.2, 0) is 6.18 Å². The molecule has 0 N–H and O–H groups in total. The Hall–Kier alpha value is -1.17. The highest BCUT2D eigenvalue weighted by Gasteiger charge is 2.33. The monoisotopic (exact) mass is 276 g/mol. The summed E-state index contributed by atoms with van der Waals surface area (Å²) in [6, 6.07) is 3.87. The summed E-state index contributed by atoms with van der Waals surface area (Å²) in [5.74, 6) is 0. The highest BCUT2D eigenvalue weighted by Crippen LogP contribution is 2.34. The van der Waals surface area contributed by atoms with Gasteiger partial charge in [-0.3, -0.25) is 0 Å². The van der Waals surface area contributed by atoms with Gasteiger partial charge in [-0.05, 0) is 22.0 Å². The molecule has 1 aromatic heterocycles. The molecule has 0 atom stereocenters. The van der Waals surface area contributed by atoms with Crippen LogP contribution in [0.3, 0.4) is 0 Å². The number of fused-ring (bicyclic) bond motifs is 1. The van der Waals surface area contributed by atoms with Gasteiger partial charge < -0.3 is 0 Å². The van der Waals surface area contributed by atoms with E-state index in [-0.39, 0.29) is 5.52 Å². The lowest BCUT2D eigenvalue weighted by atomic mass is 10.1. The first kappa shape index (κ1) is 10.4. The predicted molar refractivity (Wildman–Crippen MR) is 52.2 cm³/mol. The molecule has 2 aromatic rings. The molecule has 0 aliphatic rings. The molecular weight excluding hydrogens is 273 g/mol. The zero-order chi connectivity index (χ0) is 11.1. The molecule has 0 radical (unpaired) electrons. The SMILES string of the molecule is FC(F)(F)c1cccc2c(Br)ncnc12. The quantitative estimate of drug-likeness (QED) is 0.689. The van der Waals surface area contributed by atoms with Crippen molar-refractivity contribution < 1.29 is 13.2 Å². The number of halogens is 4. The van der Waals surface area contributed by atoms with Crippen LogP contribution in [0.4, 0.5) is 13.2 Å². The molecule has 0 saturated heterocycles. The van der Waals surface area contributed by atoms with Crippen molar-refractivity contribution in [3.63, 3.8) is 0 Å². The zero-order valence-electron chi connectivity index (χ0n) is 7.22. The molecule has 6 heteroatoms. The summed E-state index contributed by atoms with van der Waals surface area (Å²) in [7, 11) is 0. The molecule has 0 aliphatic heterocycles. The Kier molecular flexibility index (Phi) is 2.38. The van der Waals surface area contributed by atoms with Crippen molar-refractivity contribution in [2.45, 2.75) is 6.18 Å². The van der Waals surface area contributed by atoms with Gasteiger partial charge in [-0.2, -0.15) is 13.2 Å². The second kappa shape index (κ2) is 3.44. The summed E-state index contributed by atoms with van der Waals surface area (Å²) in [5, 5.41) is 0.354. The number of hydrogen-bond donors (Lipinski definition) is 0. The van der Waals surface area contributed by atoms with Gasteiger partial charge in [0.1, 0.15) is 10.9 Å². The fourth-order valence-electron chi connectivity index (χ4n) is 1.28. The number of hydrogen-bond acceptors (Lipinski definition) is 2. The number of alkyl halides is 3. The van der Waals surface area contributed by atoms with E-state index in [1.165, 1.54) is 12.1 Å². The van der Waals surface area contributed by atoms with Crippen molar-refractivity contribution in [2.75, 3.05) is 0 Å². The molecule has 0 amide bonds. The zero-order valence-corrected chi connectivity index (χ0v) is 8.80. The molecule has 15 heavy (non-hydrogen) atoms. The van der Waals surface area contributed by atoms with E-state index in [0.29, 0.717) is 9.99 Å². The molecular formula is C9H4BrF3N2. The Labute approximate surface area is 91.3 Å². The van der Waals surface area contributed by atoms with Gasteiger partial charge in [0.2, 0.25) is 0 Å². The number of rotatable bonds is 0. The highest BCUT2D eigenvalue weighted by atomic mass is 79.9. The van der Waals surface area contributed by atoms with Gasteiger partial charge in [0.25, 0.3) is 0 Å². The second-order valence-corrected chi connectivity index (χ2v) is 3.62. The Morgan fingerprint density at radius 1 is 1.13 bits per heavy atom. The van der Waals surface area contributed by atoms with E-state index < -0.39 is 11.7 Å². The Bertz CT molecular complexity index is 510. The van der Waals surface area contributed by atoms with Gasteiger partial charge in [-0.25, -0.2) is 9.97 Å². The number of benzene rings is 1. The number of nitrogens with zero attached hydrogens (tertiary/aromatic N) is 2. The summed E-state index contributed by atoms with van der Waals surface area (Å²) in [5.41, 5.74) is -0.838. The molecule has 1 aromatic carbocycles. The van der Waals surface area contributed by atoms with Crippen molar-refractivity contribution in [1.29, 1.82) is 0 Å². The molecule has 0 fully saturated rings. The first-order valence-electron chi connectivity index (χ1n) is 3.96. The third kappa shape index (κ3) is 1.81. The lowest BCUT2D eigenvalue weighted by Crippen LogP contribution is -2.06. The third-order valence-electron chi connectivity index (χ3n) is 1.92. The topological polar surface area (TPSA) is 25.8 Å². The van der Waals surface area contributed by atoms with E-state index in [9.17, 15) is 13.2 Å². The van der Waals surface area contributed by atoms with Crippen LogP contribution >= 0.6 is 15.9 Å². The van der Waals surface area contributed by atoms with E-state index in [1.54, 1.807) is 0 Å². The summed E-state index contributed by atoms with van der Waals surface area (Å²) in [6.45, 7) is 0. The lowest BCUT2D eigenvalue weighted by molar-refractivity contribution is -0.136. The minimum atomic E-state index is -4.40. The average molecular weight is 277 g/mol. The summed E-state index contributed by atoms with van der Waals surface area (Å²) >= 11 is 3.08. The normalized spacial score (nSPS) is 12.0. The van der Waals surface area contributed by atoms with E-state index in [1.807, 2.05) is 0 Å². The third-order valence-corrected chi connectivity index (χ3v) is 2.55. The molecule has 0 spiro atoms. The maximum Gasteiger partial charge on any atom is 0.418 e. The van der Waals surface area contributed by atoms with Crippen molar-refractivity contribution >= 4 is 26.8 Å². The molecule has 2 rings (SSSR count). The van der Waals surface area contributed by atoms with Gasteiger partial charge in [0, 0.05) is 5.39 Å². The largest absolute Gasteiger partial charge is 0.418 e. The number of aromatic nitrogens is 2. The average Bonchev–Trinajstić information content (AvgIpc) is 2.16. The van der Waals surface area contributed by atoms with Gasteiger partial charge in [0.05, 0.1) is 11.1 Å². The van der Waals surface area contributed by atoms with Crippen molar-refractivity contribution in [1.82, 2.24) is 9.97 Å². The minimum absolute atomic E-state index is 0.0909. The van der Waals surface area contributed by atoms with Crippen LogP contribution in [0.25, 0.3) is 10.9 Å². The second-order valence-electron chi connectivity index (χ2n) is 2.86. The van der Waals surface area contributed by atoms with Crippen LogP contribution in [0.5, 0.6) is 0 Å². The highest BCUT2D eigenvalue weighted by molar-refractivity contribution is 9.10. The van der Waals surface area contributed by atoms with Crippen molar-refractivity contribution in [3.8, 4) is 0 Å². The summed E-state index contributed by atoms with van der Waals surface area (Å²) in [6.07, 6.45) is -3.30. The Balaban J connectivity index is 2.83. The predicted octanol–water partition coefficient (Wildman–Crippen LogP) is 3.41. The van der Waals surface area contributed by atoms with E-state index in [0.717, 1.165) is 12.4 Å². The fraction of sp³-hybridized carbons (Fsp3) is 0.111. The van der Waals surface area contributed by atoms with Gasteiger partial charge >= 0.3 is 6.18 Å². The molecule has 1 heterocycles. The lowest BCUT2D eigenvalue weighted by Gasteiger charge is -2.09. The maximum absolute atomic E-state index is 12.6. The summed E-state index contributed by atoms with van der Waals surface area (Å²) < 4.78 is 38.1. The van der Waals surface area contributed by atoms with Gasteiger partial charge in [0.15, 0.2) is 0 Å². The first-order valence-corrected chi connectivity index (χ1v) is 4.76. The molecule has 0 bridgehead atoms. The van der Waals surface area contributed by atoms with Crippen LogP contribution < -0.4 is 0 Å². The Morgan fingerprint density at radius 2 is 1.87 bits per heavy atom. The van der Waals surface area contributed by atoms with Crippen LogP contribution in [0.1, 0.15) is 5.56 Å². The van der Waals surface area contributed by atoms with Crippen LogP contribution in [-0.4, -0.2) is 9.97 Å². The summed E-state index contributed by atoms with van der Waals surface area (Å²) in [4.78, 5) is 7.42. The van der Waals surface area contributed by atoms with Crippen molar-refractivity contribution in [2.24, 2.45) is 0 Å². The van der Waals surface area contributed by atoms with Gasteiger partial charge in [-0.15, -0.1) is 0 Å². The van der Waals surface area contributed by atoms with Crippen molar-refractivity contribution in [3.05, 3.63) is 34.7 Å². The fourth-order valence-corrected chi connectivity index (χ4v) is 1.70. The van der Waals surface area contributed by atoms with Crippen LogP contribution in [0.2, 0.25) is 0 Å². The van der Waals surface area contributed by atoms with Gasteiger partial charge in [-0.1, -0.05) is 12.1 Å². The van der Waals surface area contributed by atoms with Crippen LogP contribution in [0, 0.1) is 0 Å². The molecule has 0 aliphatic carbocycles. The van der Waals surface area contributed by atoms with E-state index >= 15 is 0 Å². The first-order chi connectivity index (χ1) is 7.00. The van der Waals surface area contributed by atoms with E-state index in [4.69, 9.17) is 0 Å². The smallest absolute Gasteiger partial charge is 0.236 e. The standard InChI is InChI=1S/C9H4BrF3N2/c10-8-5-2-1-3-6(9(11,12)13)7(5)14-4-15-8/h1-4H. The molecule has 0 unspecified atom stereocenters. The number of para-hydroxylation sites is 1. The van der Waals surface area contributed by atoms with E-state index in [2.05, 4.69) is 25.9 Å². The Morgan fingerprint density at radius 3 is 2.53 bits per heavy atom. The molecule has 78 valence electrons. The maximum atomic E-state index is 12.6.